The largest absolute Gasteiger partial charge is 0.353 e. The van der Waals surface area contributed by atoms with Crippen molar-refractivity contribution in [1.29, 1.82) is 0 Å². The molecule has 4 saturated heterocycles. The van der Waals surface area contributed by atoms with Crippen molar-refractivity contribution in [2.45, 2.75) is 129 Å². The van der Waals surface area contributed by atoms with Crippen LogP contribution in [0.2, 0.25) is 0 Å². The Labute approximate surface area is 379 Å². The Balaban J connectivity index is 1.00. The van der Waals surface area contributed by atoms with Crippen LogP contribution >= 0.6 is 0 Å². The van der Waals surface area contributed by atoms with Crippen molar-refractivity contribution in [3.8, 4) is 0 Å². The summed E-state index contributed by atoms with van der Waals surface area (Å²) in [6.07, 6.45) is 12.2. The van der Waals surface area contributed by atoms with E-state index in [-0.39, 0.29) is 25.2 Å². The van der Waals surface area contributed by atoms with Crippen LogP contribution in [0.15, 0.2) is 121 Å². The van der Waals surface area contributed by atoms with Gasteiger partial charge in [0.05, 0.1) is 26.4 Å². The summed E-state index contributed by atoms with van der Waals surface area (Å²) in [6.45, 7) is 5.09. The Morgan fingerprint density at radius 1 is 0.328 bits per heavy atom. The van der Waals surface area contributed by atoms with Gasteiger partial charge in [0.15, 0.2) is 25.2 Å². The Kier molecular flexibility index (Phi) is 16.0. The van der Waals surface area contributed by atoms with Crippen LogP contribution in [0.4, 0.5) is 34.1 Å². The van der Waals surface area contributed by atoms with Crippen molar-refractivity contribution >= 4 is 34.1 Å². The fourth-order valence-corrected chi connectivity index (χ4v) is 8.76. The van der Waals surface area contributed by atoms with E-state index in [0.717, 1.165) is 160 Å². The highest BCUT2D eigenvalue weighted by Gasteiger charge is 2.21. The molecule has 4 aliphatic heterocycles. The zero-order valence-corrected chi connectivity index (χ0v) is 37.2. The maximum Gasteiger partial charge on any atom is 0.158 e. The molecular formula is C54H64N2O8. The Morgan fingerprint density at radius 3 is 0.828 bits per heavy atom. The maximum atomic E-state index is 6.15. The summed E-state index contributed by atoms with van der Waals surface area (Å²) in [4.78, 5) is 4.62. The van der Waals surface area contributed by atoms with Gasteiger partial charge in [-0.1, -0.05) is 54.6 Å². The molecular weight excluding hydrogens is 805 g/mol. The number of anilines is 6. The van der Waals surface area contributed by atoms with Gasteiger partial charge in [-0.2, -0.15) is 0 Å². The number of hydrogen-bond donors (Lipinski definition) is 0. The minimum atomic E-state index is -0.135. The molecule has 9 rings (SSSR count). The zero-order chi connectivity index (χ0) is 43.2. The van der Waals surface area contributed by atoms with E-state index in [1.54, 1.807) is 0 Å². The second-order valence-electron chi connectivity index (χ2n) is 17.3. The summed E-state index contributed by atoms with van der Waals surface area (Å²) in [5.41, 5.74) is 10.6. The highest BCUT2D eigenvalue weighted by atomic mass is 16.7. The van der Waals surface area contributed by atoms with Gasteiger partial charge in [0.25, 0.3) is 0 Å². The number of rotatable bonds is 18. The zero-order valence-electron chi connectivity index (χ0n) is 37.2. The Bertz CT molecular complexity index is 1840. The second-order valence-corrected chi connectivity index (χ2v) is 17.3. The van der Waals surface area contributed by atoms with E-state index >= 15 is 0 Å². The molecule has 4 unspecified atom stereocenters. The molecule has 4 heterocycles. The normalized spacial score (nSPS) is 21.6. The van der Waals surface area contributed by atoms with Gasteiger partial charge < -0.3 is 47.7 Å². The monoisotopic (exact) mass is 868 g/mol. The van der Waals surface area contributed by atoms with Crippen molar-refractivity contribution in [1.82, 2.24) is 0 Å². The van der Waals surface area contributed by atoms with Gasteiger partial charge in [-0.3, -0.25) is 0 Å². The summed E-state index contributed by atoms with van der Waals surface area (Å²) in [5, 5.41) is 0. The molecule has 64 heavy (non-hydrogen) atoms. The highest BCUT2D eigenvalue weighted by molar-refractivity contribution is 5.83. The Morgan fingerprint density at radius 2 is 0.594 bits per heavy atom. The average molecular weight is 869 g/mol. The van der Waals surface area contributed by atoms with Crippen molar-refractivity contribution in [2.75, 3.05) is 36.2 Å². The third-order valence-electron chi connectivity index (χ3n) is 12.4. The fraction of sp³-hybridized carbons (Fsp3) is 0.444. The minimum Gasteiger partial charge on any atom is -0.353 e. The predicted octanol–water partition coefficient (Wildman–Crippen LogP) is 12.8. The van der Waals surface area contributed by atoms with Crippen LogP contribution in [-0.4, -0.2) is 51.6 Å². The van der Waals surface area contributed by atoms with Crippen LogP contribution in [0.3, 0.4) is 0 Å². The number of nitrogens with zero attached hydrogens (tertiary/aromatic N) is 2. The summed E-state index contributed by atoms with van der Waals surface area (Å²) in [6, 6.07) is 43.5. The molecule has 0 N–H and O–H groups in total. The molecule has 5 aromatic rings. The molecule has 10 nitrogen and oxygen atoms in total. The second kappa shape index (κ2) is 23.0. The van der Waals surface area contributed by atoms with Crippen molar-refractivity contribution in [3.05, 3.63) is 144 Å². The Hall–Kier alpha value is -4.62. The van der Waals surface area contributed by atoms with Gasteiger partial charge in [-0.05, 0) is 166 Å². The number of ether oxygens (including phenoxy) is 8. The van der Waals surface area contributed by atoms with Gasteiger partial charge in [-0.25, -0.2) is 0 Å². The molecule has 0 amide bonds. The first-order valence-corrected chi connectivity index (χ1v) is 23.7. The SMILES string of the molecule is c1cc(N(c2ccc(COC3CCCCO3)cc2)c2ccc(COC3CCCCO3)cc2)cc(N(c2ccc(COC3CCCCO3)cc2)c2ccc(COC3CCCCO3)cc2)c1. The summed E-state index contributed by atoms with van der Waals surface area (Å²) < 4.78 is 48.0. The van der Waals surface area contributed by atoms with Crippen LogP contribution in [0.5, 0.6) is 0 Å². The molecule has 4 fully saturated rings. The van der Waals surface area contributed by atoms with Gasteiger partial charge in [0.2, 0.25) is 0 Å². The van der Waals surface area contributed by atoms with Crippen LogP contribution < -0.4 is 9.80 Å². The third kappa shape index (κ3) is 12.4. The van der Waals surface area contributed by atoms with Crippen molar-refractivity contribution in [2.24, 2.45) is 0 Å². The molecule has 4 atom stereocenters. The lowest BCUT2D eigenvalue weighted by Gasteiger charge is -2.30. The first-order chi connectivity index (χ1) is 31.7. The maximum absolute atomic E-state index is 6.15. The molecule has 338 valence electrons. The number of benzene rings is 5. The molecule has 0 aromatic heterocycles. The van der Waals surface area contributed by atoms with Gasteiger partial charge in [0, 0.05) is 60.6 Å². The van der Waals surface area contributed by atoms with E-state index in [2.05, 4.69) is 131 Å². The molecule has 5 aromatic carbocycles. The average Bonchev–Trinajstić information content (AvgIpc) is 3.37. The highest BCUT2D eigenvalue weighted by Crippen LogP contribution is 2.41. The molecule has 0 saturated carbocycles. The van der Waals surface area contributed by atoms with Gasteiger partial charge in [0.1, 0.15) is 0 Å². The molecule has 0 radical (unpaired) electrons. The van der Waals surface area contributed by atoms with E-state index < -0.39 is 0 Å². The minimum absolute atomic E-state index is 0.135. The first-order valence-electron chi connectivity index (χ1n) is 23.7. The molecule has 0 spiro atoms. The van der Waals surface area contributed by atoms with Gasteiger partial charge >= 0.3 is 0 Å². The fourth-order valence-electron chi connectivity index (χ4n) is 8.76. The quantitative estimate of drug-likeness (QED) is 0.0849. The van der Waals surface area contributed by atoms with Crippen LogP contribution in [0.25, 0.3) is 0 Å². The standard InChI is InChI=1S/C54H64N2O8/c1-5-32-57-51(12-1)61-37-41-16-24-45(25-17-41)55(46-26-18-42(19-27-46)38-62-52-13-2-6-33-58-52)49-10-9-11-50(36-49)56(47-28-20-43(21-29-47)39-63-53-14-3-7-34-59-53)48-30-22-44(23-31-48)40-64-54-15-4-8-35-60-54/h9-11,16-31,36,51-54H,1-8,12-15,32-35,37-40H2. The van der Waals surface area contributed by atoms with Crippen LogP contribution in [-0.2, 0) is 64.3 Å². The van der Waals surface area contributed by atoms with Gasteiger partial charge in [-0.15, -0.1) is 0 Å². The van der Waals surface area contributed by atoms with E-state index in [1.807, 2.05) is 0 Å². The third-order valence-corrected chi connectivity index (χ3v) is 12.4. The summed E-state index contributed by atoms with van der Waals surface area (Å²) in [5.74, 6) is 0. The topological polar surface area (TPSA) is 80.3 Å². The van der Waals surface area contributed by atoms with Crippen molar-refractivity contribution < 1.29 is 37.9 Å². The molecule has 10 heteroatoms. The first kappa shape index (κ1) is 44.6. The molecule has 0 bridgehead atoms. The molecule has 4 aliphatic rings. The van der Waals surface area contributed by atoms with E-state index in [9.17, 15) is 0 Å². The lowest BCUT2D eigenvalue weighted by atomic mass is 10.1. The predicted molar refractivity (Wildman–Crippen MR) is 249 cm³/mol. The van der Waals surface area contributed by atoms with E-state index in [4.69, 9.17) is 37.9 Å². The van der Waals surface area contributed by atoms with E-state index in [0.29, 0.717) is 26.4 Å². The summed E-state index contributed by atoms with van der Waals surface area (Å²) in [7, 11) is 0. The smallest absolute Gasteiger partial charge is 0.158 e. The summed E-state index contributed by atoms with van der Waals surface area (Å²) >= 11 is 0. The van der Waals surface area contributed by atoms with Crippen LogP contribution in [0.1, 0.15) is 99.3 Å². The lowest BCUT2D eigenvalue weighted by molar-refractivity contribution is -0.169. The van der Waals surface area contributed by atoms with Crippen LogP contribution in [0, 0.1) is 0 Å². The number of hydrogen-bond acceptors (Lipinski definition) is 10. The van der Waals surface area contributed by atoms with Crippen molar-refractivity contribution in [3.63, 3.8) is 0 Å². The van der Waals surface area contributed by atoms with E-state index in [1.165, 1.54) is 0 Å². The lowest BCUT2D eigenvalue weighted by Crippen LogP contribution is -2.22. The molecule has 0 aliphatic carbocycles.